The Bertz CT molecular complexity index is 198. The standard InChI is InChI=1S/C10H15NO/c1-3-8(2)11-10(12)9-6-4-5-7-9/h1,8-9H,4-7H2,2H3,(H,11,12). The minimum Gasteiger partial charge on any atom is -0.343 e. The van der Waals surface area contributed by atoms with Crippen molar-refractivity contribution in [1.82, 2.24) is 5.32 Å². The summed E-state index contributed by atoms with van der Waals surface area (Å²) in [6.07, 6.45) is 9.58. The highest BCUT2D eigenvalue weighted by molar-refractivity contribution is 5.79. The molecule has 0 aromatic rings. The summed E-state index contributed by atoms with van der Waals surface area (Å²) in [5.41, 5.74) is 0. The first-order valence-corrected chi connectivity index (χ1v) is 4.50. The Hall–Kier alpha value is -0.970. The van der Waals surface area contributed by atoms with E-state index in [1.54, 1.807) is 0 Å². The molecule has 0 heterocycles. The second-order valence-electron chi connectivity index (χ2n) is 3.38. The zero-order valence-corrected chi connectivity index (χ0v) is 7.47. The van der Waals surface area contributed by atoms with Gasteiger partial charge >= 0.3 is 0 Å². The average molecular weight is 165 g/mol. The smallest absolute Gasteiger partial charge is 0.224 e. The minimum absolute atomic E-state index is 0.127. The molecule has 1 N–H and O–H groups in total. The number of carbonyl (C=O) groups is 1. The van der Waals surface area contributed by atoms with Gasteiger partial charge in [-0.2, -0.15) is 0 Å². The van der Waals surface area contributed by atoms with E-state index in [2.05, 4.69) is 11.2 Å². The summed E-state index contributed by atoms with van der Waals surface area (Å²) in [6.45, 7) is 1.83. The Kier molecular flexibility index (Phi) is 3.16. The van der Waals surface area contributed by atoms with E-state index < -0.39 is 0 Å². The van der Waals surface area contributed by atoms with Gasteiger partial charge in [0.2, 0.25) is 5.91 Å². The van der Waals surface area contributed by atoms with E-state index in [0.717, 1.165) is 12.8 Å². The fourth-order valence-electron chi connectivity index (χ4n) is 1.56. The number of amides is 1. The zero-order chi connectivity index (χ0) is 8.97. The summed E-state index contributed by atoms with van der Waals surface area (Å²) >= 11 is 0. The molecule has 1 saturated carbocycles. The fraction of sp³-hybridized carbons (Fsp3) is 0.700. The van der Waals surface area contributed by atoms with E-state index in [1.807, 2.05) is 6.92 Å². The van der Waals surface area contributed by atoms with Gasteiger partial charge in [0.25, 0.3) is 0 Å². The molecule has 0 aromatic carbocycles. The van der Waals surface area contributed by atoms with Gasteiger partial charge in [-0.05, 0) is 19.8 Å². The number of hydrogen-bond donors (Lipinski definition) is 1. The number of carbonyl (C=O) groups excluding carboxylic acids is 1. The van der Waals surface area contributed by atoms with Crippen molar-refractivity contribution in [3.8, 4) is 12.3 Å². The van der Waals surface area contributed by atoms with Crippen LogP contribution in [0.1, 0.15) is 32.6 Å². The molecule has 12 heavy (non-hydrogen) atoms. The van der Waals surface area contributed by atoms with Crippen LogP contribution >= 0.6 is 0 Å². The Morgan fingerprint density at radius 2 is 2.17 bits per heavy atom. The van der Waals surface area contributed by atoms with Crippen molar-refractivity contribution in [2.45, 2.75) is 38.6 Å². The molecule has 1 atom stereocenters. The van der Waals surface area contributed by atoms with Gasteiger partial charge in [-0.1, -0.05) is 18.8 Å². The second kappa shape index (κ2) is 4.15. The molecule has 0 saturated heterocycles. The van der Waals surface area contributed by atoms with Gasteiger partial charge in [-0.15, -0.1) is 6.42 Å². The molecule has 1 aliphatic rings. The zero-order valence-electron chi connectivity index (χ0n) is 7.47. The van der Waals surface area contributed by atoms with Gasteiger partial charge in [0, 0.05) is 5.92 Å². The monoisotopic (exact) mass is 165 g/mol. The highest BCUT2D eigenvalue weighted by Gasteiger charge is 2.22. The third-order valence-electron chi connectivity index (χ3n) is 2.33. The fourth-order valence-corrected chi connectivity index (χ4v) is 1.56. The van der Waals surface area contributed by atoms with Gasteiger partial charge in [-0.25, -0.2) is 0 Å². The SMILES string of the molecule is C#CC(C)NC(=O)C1CCCC1. The first-order chi connectivity index (χ1) is 5.74. The molecular formula is C10H15NO. The van der Waals surface area contributed by atoms with Crippen LogP contribution in [0.4, 0.5) is 0 Å². The van der Waals surface area contributed by atoms with Crippen LogP contribution in [-0.2, 0) is 4.79 Å². The number of rotatable bonds is 2. The molecule has 1 unspecified atom stereocenters. The van der Waals surface area contributed by atoms with Gasteiger partial charge in [0.1, 0.15) is 0 Å². The van der Waals surface area contributed by atoms with Crippen LogP contribution in [0.25, 0.3) is 0 Å². The minimum atomic E-state index is -0.127. The van der Waals surface area contributed by atoms with Crippen molar-refractivity contribution in [1.29, 1.82) is 0 Å². The maximum atomic E-state index is 11.4. The summed E-state index contributed by atoms with van der Waals surface area (Å²) in [5, 5.41) is 2.80. The Morgan fingerprint density at radius 1 is 1.58 bits per heavy atom. The van der Waals surface area contributed by atoms with Gasteiger partial charge in [-0.3, -0.25) is 4.79 Å². The summed E-state index contributed by atoms with van der Waals surface area (Å²) < 4.78 is 0. The second-order valence-corrected chi connectivity index (χ2v) is 3.38. The summed E-state index contributed by atoms with van der Waals surface area (Å²) in [7, 11) is 0. The van der Waals surface area contributed by atoms with Crippen LogP contribution < -0.4 is 5.32 Å². The Morgan fingerprint density at radius 3 is 2.67 bits per heavy atom. The van der Waals surface area contributed by atoms with Crippen LogP contribution in [0.5, 0.6) is 0 Å². The van der Waals surface area contributed by atoms with Crippen molar-refractivity contribution in [3.63, 3.8) is 0 Å². The Labute approximate surface area is 73.7 Å². The average Bonchev–Trinajstić information content (AvgIpc) is 2.56. The van der Waals surface area contributed by atoms with Crippen molar-refractivity contribution in [3.05, 3.63) is 0 Å². The van der Waals surface area contributed by atoms with E-state index in [-0.39, 0.29) is 17.9 Å². The normalized spacial score (nSPS) is 20.0. The van der Waals surface area contributed by atoms with Gasteiger partial charge in [0.15, 0.2) is 0 Å². The van der Waals surface area contributed by atoms with E-state index in [9.17, 15) is 4.79 Å². The first kappa shape index (κ1) is 9.12. The molecule has 2 nitrogen and oxygen atoms in total. The molecule has 66 valence electrons. The third kappa shape index (κ3) is 2.27. The van der Waals surface area contributed by atoms with Gasteiger partial charge < -0.3 is 5.32 Å². The van der Waals surface area contributed by atoms with Crippen LogP contribution in [0.15, 0.2) is 0 Å². The molecule has 1 fully saturated rings. The number of terminal acetylenes is 1. The van der Waals surface area contributed by atoms with Crippen LogP contribution in [-0.4, -0.2) is 11.9 Å². The number of nitrogens with one attached hydrogen (secondary N) is 1. The molecular weight excluding hydrogens is 150 g/mol. The van der Waals surface area contributed by atoms with Crippen LogP contribution in [0.2, 0.25) is 0 Å². The maximum Gasteiger partial charge on any atom is 0.224 e. The molecule has 0 radical (unpaired) electrons. The first-order valence-electron chi connectivity index (χ1n) is 4.50. The lowest BCUT2D eigenvalue weighted by Crippen LogP contribution is -2.35. The molecule has 0 aromatic heterocycles. The third-order valence-corrected chi connectivity index (χ3v) is 2.33. The predicted octanol–water partition coefficient (Wildman–Crippen LogP) is 1.31. The van der Waals surface area contributed by atoms with Crippen molar-refractivity contribution < 1.29 is 4.79 Å². The van der Waals surface area contributed by atoms with E-state index in [4.69, 9.17) is 6.42 Å². The summed E-state index contributed by atoms with van der Waals surface area (Å²) in [6, 6.07) is -0.127. The molecule has 1 aliphatic carbocycles. The molecule has 0 spiro atoms. The molecule has 2 heteroatoms. The quantitative estimate of drug-likeness (QED) is 0.614. The number of hydrogen-bond acceptors (Lipinski definition) is 1. The topological polar surface area (TPSA) is 29.1 Å². The lowest BCUT2D eigenvalue weighted by atomic mass is 10.1. The van der Waals surface area contributed by atoms with E-state index in [0.29, 0.717) is 0 Å². The highest BCUT2D eigenvalue weighted by Crippen LogP contribution is 2.24. The Balaban J connectivity index is 2.33. The van der Waals surface area contributed by atoms with Crippen molar-refractivity contribution in [2.75, 3.05) is 0 Å². The summed E-state index contributed by atoms with van der Waals surface area (Å²) in [4.78, 5) is 11.4. The molecule has 1 rings (SSSR count). The predicted molar refractivity (Wildman–Crippen MR) is 48.4 cm³/mol. The van der Waals surface area contributed by atoms with Crippen molar-refractivity contribution >= 4 is 5.91 Å². The lowest BCUT2D eigenvalue weighted by Gasteiger charge is -2.11. The van der Waals surface area contributed by atoms with E-state index in [1.165, 1.54) is 12.8 Å². The molecule has 0 bridgehead atoms. The van der Waals surface area contributed by atoms with Crippen LogP contribution in [0, 0.1) is 18.3 Å². The largest absolute Gasteiger partial charge is 0.343 e. The highest BCUT2D eigenvalue weighted by atomic mass is 16.1. The summed E-state index contributed by atoms with van der Waals surface area (Å²) in [5.74, 6) is 2.85. The van der Waals surface area contributed by atoms with E-state index >= 15 is 0 Å². The van der Waals surface area contributed by atoms with Crippen LogP contribution in [0.3, 0.4) is 0 Å². The van der Waals surface area contributed by atoms with Gasteiger partial charge in [0.05, 0.1) is 6.04 Å². The maximum absolute atomic E-state index is 11.4. The van der Waals surface area contributed by atoms with Crippen molar-refractivity contribution in [2.24, 2.45) is 5.92 Å². The molecule has 1 amide bonds. The lowest BCUT2D eigenvalue weighted by molar-refractivity contribution is -0.125. The molecule has 0 aliphatic heterocycles.